The van der Waals surface area contributed by atoms with Crippen LogP contribution in [0.15, 0.2) is 53.0 Å². The molecule has 1 aliphatic heterocycles. The zero-order valence-electron chi connectivity index (χ0n) is 14.3. The summed E-state index contributed by atoms with van der Waals surface area (Å²) in [6, 6.07) is 11.5. The van der Waals surface area contributed by atoms with Gasteiger partial charge in [-0.05, 0) is 42.5 Å². The first kappa shape index (κ1) is 17.1. The van der Waals surface area contributed by atoms with E-state index in [1.54, 1.807) is 0 Å². The van der Waals surface area contributed by atoms with Crippen LogP contribution in [0.25, 0.3) is 0 Å². The molecule has 0 bridgehead atoms. The first-order chi connectivity index (χ1) is 12.6. The summed E-state index contributed by atoms with van der Waals surface area (Å²) in [5, 5.41) is 15.2. The first-order valence-electron chi connectivity index (χ1n) is 8.73. The van der Waals surface area contributed by atoms with Crippen molar-refractivity contribution >= 4 is 27.3 Å². The SMILES string of the molecule is CCOc1cc2c(c([N+](=O)[O-])c1)N[C@H](c1ccccc1Br)[C@@H]1CC=C[C@@H]21. The molecule has 5 nitrogen and oxygen atoms in total. The average molecular weight is 415 g/mol. The Hall–Kier alpha value is -2.34. The van der Waals surface area contributed by atoms with Gasteiger partial charge >= 0.3 is 0 Å². The molecule has 0 radical (unpaired) electrons. The summed E-state index contributed by atoms with van der Waals surface area (Å²) in [6.07, 6.45) is 5.29. The minimum absolute atomic E-state index is 0.00900. The van der Waals surface area contributed by atoms with Gasteiger partial charge in [0.1, 0.15) is 11.4 Å². The minimum Gasteiger partial charge on any atom is -0.494 e. The van der Waals surface area contributed by atoms with Crippen molar-refractivity contribution < 1.29 is 9.66 Å². The van der Waals surface area contributed by atoms with Crippen LogP contribution >= 0.6 is 15.9 Å². The topological polar surface area (TPSA) is 64.4 Å². The Morgan fingerprint density at radius 2 is 2.12 bits per heavy atom. The Balaban J connectivity index is 1.87. The highest BCUT2D eigenvalue weighted by atomic mass is 79.9. The third kappa shape index (κ3) is 2.78. The van der Waals surface area contributed by atoms with E-state index in [-0.39, 0.29) is 22.6 Å². The second-order valence-electron chi connectivity index (χ2n) is 6.59. The van der Waals surface area contributed by atoms with Gasteiger partial charge in [0.05, 0.1) is 23.6 Å². The minimum atomic E-state index is -0.329. The summed E-state index contributed by atoms with van der Waals surface area (Å²) in [4.78, 5) is 11.4. The Morgan fingerprint density at radius 1 is 1.31 bits per heavy atom. The van der Waals surface area contributed by atoms with E-state index in [0.29, 0.717) is 24.0 Å². The Bertz CT molecular complexity index is 897. The lowest BCUT2D eigenvalue weighted by molar-refractivity contribution is -0.384. The van der Waals surface area contributed by atoms with Crippen molar-refractivity contribution in [3.8, 4) is 5.75 Å². The highest BCUT2D eigenvalue weighted by molar-refractivity contribution is 9.10. The predicted octanol–water partition coefficient (Wildman–Crippen LogP) is 5.58. The molecular weight excluding hydrogens is 396 g/mol. The van der Waals surface area contributed by atoms with Crippen molar-refractivity contribution in [2.24, 2.45) is 5.92 Å². The standard InChI is InChI=1S/C20H19BrN2O3/c1-2-26-12-10-16-13-7-5-8-14(13)19(15-6-3-4-9-17(15)21)22-20(16)18(11-12)23(24)25/h3-7,9-11,13-14,19,22H,2,8H2,1H3/t13-,14-,19+/m1/s1. The number of ether oxygens (including phenoxy) is 1. The molecule has 134 valence electrons. The van der Waals surface area contributed by atoms with E-state index in [1.165, 1.54) is 6.07 Å². The number of nitrogens with zero attached hydrogens (tertiary/aromatic N) is 1. The third-order valence-corrected chi connectivity index (χ3v) is 5.89. The number of fused-ring (bicyclic) bond motifs is 3. The highest BCUT2D eigenvalue weighted by Crippen LogP contribution is 2.53. The van der Waals surface area contributed by atoms with Gasteiger partial charge in [-0.25, -0.2) is 0 Å². The number of hydrogen-bond acceptors (Lipinski definition) is 4. The maximum absolute atomic E-state index is 11.7. The highest BCUT2D eigenvalue weighted by Gasteiger charge is 2.41. The van der Waals surface area contributed by atoms with Gasteiger partial charge in [-0.15, -0.1) is 0 Å². The van der Waals surface area contributed by atoms with Crippen molar-refractivity contribution in [3.63, 3.8) is 0 Å². The van der Waals surface area contributed by atoms with Crippen molar-refractivity contribution in [2.75, 3.05) is 11.9 Å². The summed E-state index contributed by atoms with van der Waals surface area (Å²) < 4.78 is 6.59. The van der Waals surface area contributed by atoms with Crippen LogP contribution in [0.5, 0.6) is 5.75 Å². The first-order valence-corrected chi connectivity index (χ1v) is 9.52. The van der Waals surface area contributed by atoms with Gasteiger partial charge < -0.3 is 10.1 Å². The van der Waals surface area contributed by atoms with Crippen LogP contribution in [0.2, 0.25) is 0 Å². The molecule has 4 rings (SSSR count). The molecule has 0 unspecified atom stereocenters. The number of benzene rings is 2. The summed E-state index contributed by atoms with van der Waals surface area (Å²) in [6.45, 7) is 2.36. The molecule has 0 aromatic heterocycles. The van der Waals surface area contributed by atoms with E-state index >= 15 is 0 Å². The lowest BCUT2D eigenvalue weighted by atomic mass is 9.76. The quantitative estimate of drug-likeness (QED) is 0.402. The van der Waals surface area contributed by atoms with E-state index in [0.717, 1.165) is 22.0 Å². The van der Waals surface area contributed by atoms with E-state index < -0.39 is 0 Å². The number of hydrogen-bond donors (Lipinski definition) is 1. The van der Waals surface area contributed by atoms with Crippen LogP contribution in [0.1, 0.15) is 36.4 Å². The maximum atomic E-state index is 11.7. The Kier molecular flexibility index (Phi) is 4.44. The van der Waals surface area contributed by atoms with Gasteiger partial charge in [0.15, 0.2) is 0 Å². The van der Waals surface area contributed by atoms with Crippen LogP contribution < -0.4 is 10.1 Å². The van der Waals surface area contributed by atoms with Crippen LogP contribution in [-0.4, -0.2) is 11.5 Å². The lowest BCUT2D eigenvalue weighted by Gasteiger charge is -2.37. The van der Waals surface area contributed by atoms with Crippen molar-refractivity contribution in [1.29, 1.82) is 0 Å². The number of halogens is 1. The van der Waals surface area contributed by atoms with Gasteiger partial charge in [-0.2, -0.15) is 0 Å². The number of anilines is 1. The van der Waals surface area contributed by atoms with Crippen LogP contribution in [0.4, 0.5) is 11.4 Å². The number of nitro groups is 1. The van der Waals surface area contributed by atoms with Crippen molar-refractivity contribution in [1.82, 2.24) is 0 Å². The second-order valence-corrected chi connectivity index (χ2v) is 7.45. The normalized spacial score (nSPS) is 23.1. The summed E-state index contributed by atoms with van der Waals surface area (Å²) in [5.41, 5.74) is 2.75. The summed E-state index contributed by atoms with van der Waals surface area (Å²) >= 11 is 3.63. The van der Waals surface area contributed by atoms with E-state index in [9.17, 15) is 10.1 Å². The van der Waals surface area contributed by atoms with Gasteiger partial charge in [-0.3, -0.25) is 10.1 Å². The summed E-state index contributed by atoms with van der Waals surface area (Å²) in [7, 11) is 0. The van der Waals surface area contributed by atoms with E-state index in [2.05, 4.69) is 39.5 Å². The third-order valence-electron chi connectivity index (χ3n) is 5.17. The number of rotatable bonds is 4. The fraction of sp³-hybridized carbons (Fsp3) is 0.300. The fourth-order valence-electron chi connectivity index (χ4n) is 4.08. The summed E-state index contributed by atoms with van der Waals surface area (Å²) in [5.74, 6) is 1.01. The number of nitro benzene ring substituents is 1. The molecule has 0 fully saturated rings. The average Bonchev–Trinajstić information content (AvgIpc) is 3.11. The molecule has 0 spiro atoms. The monoisotopic (exact) mass is 414 g/mol. The molecule has 0 saturated carbocycles. The molecule has 1 N–H and O–H groups in total. The fourth-order valence-corrected chi connectivity index (χ4v) is 4.62. The second kappa shape index (κ2) is 6.76. The Morgan fingerprint density at radius 3 is 2.85 bits per heavy atom. The zero-order chi connectivity index (χ0) is 18.3. The van der Waals surface area contributed by atoms with E-state index in [1.807, 2.05) is 31.2 Å². The largest absolute Gasteiger partial charge is 0.494 e. The zero-order valence-corrected chi connectivity index (χ0v) is 15.9. The molecule has 2 aromatic carbocycles. The van der Waals surface area contributed by atoms with Crippen LogP contribution in [0.3, 0.4) is 0 Å². The molecule has 2 aliphatic rings. The Labute approximate surface area is 160 Å². The molecule has 1 aliphatic carbocycles. The smallest absolute Gasteiger partial charge is 0.296 e. The molecule has 1 heterocycles. The molecular formula is C20H19BrN2O3. The maximum Gasteiger partial charge on any atom is 0.296 e. The van der Waals surface area contributed by atoms with Gasteiger partial charge in [-0.1, -0.05) is 46.3 Å². The predicted molar refractivity (Wildman–Crippen MR) is 105 cm³/mol. The van der Waals surface area contributed by atoms with Gasteiger partial charge in [0.2, 0.25) is 0 Å². The lowest BCUT2D eigenvalue weighted by Crippen LogP contribution is -2.30. The molecule has 0 saturated heterocycles. The van der Waals surface area contributed by atoms with Crippen molar-refractivity contribution in [3.05, 3.63) is 74.3 Å². The number of nitrogens with one attached hydrogen (secondary N) is 1. The molecule has 6 heteroatoms. The molecule has 3 atom stereocenters. The van der Waals surface area contributed by atoms with Crippen molar-refractivity contribution in [2.45, 2.75) is 25.3 Å². The van der Waals surface area contributed by atoms with E-state index in [4.69, 9.17) is 4.74 Å². The molecule has 26 heavy (non-hydrogen) atoms. The van der Waals surface area contributed by atoms with Gasteiger partial charge in [0.25, 0.3) is 5.69 Å². The van der Waals surface area contributed by atoms with Crippen LogP contribution in [0, 0.1) is 16.0 Å². The molecule has 2 aromatic rings. The van der Waals surface area contributed by atoms with Gasteiger partial charge in [0, 0.05) is 10.4 Å². The molecule has 0 amide bonds. The van der Waals surface area contributed by atoms with Crippen LogP contribution in [-0.2, 0) is 0 Å². The number of allylic oxidation sites excluding steroid dienone is 2.